The van der Waals surface area contributed by atoms with Gasteiger partial charge in [-0.1, -0.05) is 28.1 Å². The van der Waals surface area contributed by atoms with Gasteiger partial charge in [0.05, 0.1) is 17.8 Å². The monoisotopic (exact) mass is 345 g/mol. The molecule has 5 heteroatoms. The van der Waals surface area contributed by atoms with Crippen LogP contribution in [0.15, 0.2) is 47.3 Å². The van der Waals surface area contributed by atoms with Crippen molar-refractivity contribution in [1.82, 2.24) is 14.8 Å². The highest BCUT2D eigenvalue weighted by atomic mass is 79.9. The van der Waals surface area contributed by atoms with E-state index >= 15 is 0 Å². The molecule has 2 aromatic heterocycles. The molecule has 0 aliphatic rings. The van der Waals surface area contributed by atoms with Crippen molar-refractivity contribution in [3.05, 3.63) is 58.5 Å². The lowest BCUT2D eigenvalue weighted by Gasteiger charge is -2.13. The van der Waals surface area contributed by atoms with E-state index in [1.54, 1.807) is 10.9 Å². The minimum Gasteiger partial charge on any atom is -0.388 e. The summed E-state index contributed by atoms with van der Waals surface area (Å²) >= 11 is 3.53. The zero-order valence-electron chi connectivity index (χ0n) is 11.7. The Morgan fingerprint density at radius 1 is 1.33 bits per heavy atom. The first-order chi connectivity index (χ1) is 10.1. The van der Waals surface area contributed by atoms with Gasteiger partial charge >= 0.3 is 0 Å². The smallest absolute Gasteiger partial charge is 0.0814 e. The number of hydrogen-bond donors (Lipinski definition) is 1. The lowest BCUT2D eigenvalue weighted by molar-refractivity contribution is 0.169. The molecule has 0 aliphatic carbocycles. The highest BCUT2D eigenvalue weighted by Crippen LogP contribution is 2.30. The van der Waals surface area contributed by atoms with E-state index in [4.69, 9.17) is 0 Å². The van der Waals surface area contributed by atoms with Crippen LogP contribution in [0, 0.1) is 0 Å². The van der Waals surface area contributed by atoms with Crippen LogP contribution >= 0.6 is 15.9 Å². The van der Waals surface area contributed by atoms with Gasteiger partial charge in [0, 0.05) is 34.9 Å². The van der Waals surface area contributed by atoms with Crippen molar-refractivity contribution in [2.75, 3.05) is 0 Å². The van der Waals surface area contributed by atoms with Crippen LogP contribution in [0.5, 0.6) is 0 Å². The fourth-order valence-electron chi connectivity index (χ4n) is 2.49. The molecule has 1 atom stereocenters. The van der Waals surface area contributed by atoms with E-state index in [1.807, 2.05) is 43.7 Å². The van der Waals surface area contributed by atoms with Crippen LogP contribution in [0.2, 0.25) is 0 Å². The second-order valence-corrected chi connectivity index (χ2v) is 5.97. The highest BCUT2D eigenvalue weighted by Gasteiger charge is 2.14. The summed E-state index contributed by atoms with van der Waals surface area (Å²) < 4.78 is 2.77. The zero-order chi connectivity index (χ0) is 14.8. The third-order valence-electron chi connectivity index (χ3n) is 3.57. The van der Waals surface area contributed by atoms with Crippen molar-refractivity contribution in [1.29, 1.82) is 0 Å². The molecule has 1 aromatic carbocycles. The molecule has 3 aromatic rings. The lowest BCUT2D eigenvalue weighted by Crippen LogP contribution is -2.01. The molecule has 0 amide bonds. The van der Waals surface area contributed by atoms with Crippen molar-refractivity contribution >= 4 is 26.8 Å². The molecule has 21 heavy (non-hydrogen) atoms. The van der Waals surface area contributed by atoms with Gasteiger partial charge in [0.25, 0.3) is 0 Å². The molecular formula is C16H16BrN3O. The molecule has 1 unspecified atom stereocenters. The molecule has 0 radical (unpaired) electrons. The summed E-state index contributed by atoms with van der Waals surface area (Å²) in [4.78, 5) is 4.42. The molecular weight excluding hydrogens is 330 g/mol. The van der Waals surface area contributed by atoms with Gasteiger partial charge < -0.3 is 5.11 Å². The summed E-state index contributed by atoms with van der Waals surface area (Å²) in [5, 5.41) is 15.7. The Bertz CT molecular complexity index is 769. The first kappa shape index (κ1) is 14.2. The van der Waals surface area contributed by atoms with E-state index in [0.717, 1.165) is 32.9 Å². The van der Waals surface area contributed by atoms with Crippen LogP contribution in [-0.4, -0.2) is 19.9 Å². The molecule has 0 fully saturated rings. The molecule has 1 N–H and O–H groups in total. The molecule has 0 aliphatic heterocycles. The van der Waals surface area contributed by atoms with E-state index < -0.39 is 6.10 Å². The fraction of sp³-hybridized carbons (Fsp3) is 0.250. The Morgan fingerprint density at radius 3 is 2.95 bits per heavy atom. The molecule has 108 valence electrons. The number of aromatic nitrogens is 3. The van der Waals surface area contributed by atoms with Gasteiger partial charge in [-0.25, -0.2) is 0 Å². The summed E-state index contributed by atoms with van der Waals surface area (Å²) in [6, 6.07) is 7.81. The third-order valence-corrected chi connectivity index (χ3v) is 4.26. The van der Waals surface area contributed by atoms with Gasteiger partial charge in [0.15, 0.2) is 0 Å². The number of pyridine rings is 1. The minimum absolute atomic E-state index is 0.532. The maximum atomic E-state index is 10.5. The minimum atomic E-state index is -0.532. The van der Waals surface area contributed by atoms with Crippen molar-refractivity contribution in [3.8, 4) is 0 Å². The van der Waals surface area contributed by atoms with Crippen LogP contribution in [-0.2, 0) is 13.5 Å². The van der Waals surface area contributed by atoms with Crippen molar-refractivity contribution in [3.63, 3.8) is 0 Å². The van der Waals surface area contributed by atoms with Crippen LogP contribution in [0.25, 0.3) is 10.9 Å². The quantitative estimate of drug-likeness (QED) is 0.788. The number of nitrogens with zero attached hydrogens (tertiary/aromatic N) is 3. The van der Waals surface area contributed by atoms with E-state index in [9.17, 15) is 5.11 Å². The summed E-state index contributed by atoms with van der Waals surface area (Å²) in [6.07, 6.45) is 6.48. The molecule has 0 saturated heterocycles. The second kappa shape index (κ2) is 5.95. The van der Waals surface area contributed by atoms with Crippen LogP contribution < -0.4 is 0 Å². The predicted molar refractivity (Wildman–Crippen MR) is 85.9 cm³/mol. The number of aryl methyl sites for hydroxylation is 2. The Kier molecular flexibility index (Phi) is 4.03. The van der Waals surface area contributed by atoms with Gasteiger partial charge in [0.1, 0.15) is 0 Å². The first-order valence-corrected chi connectivity index (χ1v) is 7.63. The molecule has 0 bridgehead atoms. The highest BCUT2D eigenvalue weighted by molar-refractivity contribution is 9.10. The molecule has 3 rings (SSSR count). The first-order valence-electron chi connectivity index (χ1n) is 6.84. The van der Waals surface area contributed by atoms with Gasteiger partial charge in [-0.05, 0) is 30.5 Å². The molecule has 2 heterocycles. The maximum absolute atomic E-state index is 10.5. The maximum Gasteiger partial charge on any atom is 0.0814 e. The fourth-order valence-corrected chi connectivity index (χ4v) is 2.94. The van der Waals surface area contributed by atoms with Crippen molar-refractivity contribution < 1.29 is 5.11 Å². The lowest BCUT2D eigenvalue weighted by atomic mass is 10.00. The number of benzene rings is 1. The van der Waals surface area contributed by atoms with Crippen LogP contribution in [0.4, 0.5) is 0 Å². The third kappa shape index (κ3) is 2.99. The molecule has 4 nitrogen and oxygen atoms in total. The van der Waals surface area contributed by atoms with E-state index in [-0.39, 0.29) is 0 Å². The molecule has 0 spiro atoms. The van der Waals surface area contributed by atoms with Gasteiger partial charge in [-0.3, -0.25) is 9.67 Å². The second-order valence-electron chi connectivity index (χ2n) is 5.11. The predicted octanol–water partition coefficient (Wildman–Crippen LogP) is 3.40. The number of fused-ring (bicyclic) bond motifs is 1. The number of hydrogen-bond acceptors (Lipinski definition) is 3. The van der Waals surface area contributed by atoms with Gasteiger partial charge in [-0.2, -0.15) is 5.10 Å². The topological polar surface area (TPSA) is 50.9 Å². The normalized spacial score (nSPS) is 12.7. The SMILES string of the molecule is Cn1cc(CCC(O)c2ccc(Br)c3cccnc23)cn1. The number of halogens is 1. The largest absolute Gasteiger partial charge is 0.388 e. The van der Waals surface area contributed by atoms with Gasteiger partial charge in [-0.15, -0.1) is 0 Å². The van der Waals surface area contributed by atoms with E-state index in [1.165, 1.54) is 0 Å². The summed E-state index contributed by atoms with van der Waals surface area (Å²) in [5.74, 6) is 0. The van der Waals surface area contributed by atoms with Crippen molar-refractivity contribution in [2.24, 2.45) is 7.05 Å². The average molecular weight is 346 g/mol. The summed E-state index contributed by atoms with van der Waals surface area (Å²) in [6.45, 7) is 0. The summed E-state index contributed by atoms with van der Waals surface area (Å²) in [7, 11) is 1.89. The van der Waals surface area contributed by atoms with Gasteiger partial charge in [0.2, 0.25) is 0 Å². The standard InChI is InChI=1S/C16H16BrN3O/c1-20-10-11(9-19-20)4-7-15(21)13-5-6-14(17)12-3-2-8-18-16(12)13/h2-3,5-6,8-10,15,21H,4,7H2,1H3. The summed E-state index contributed by atoms with van der Waals surface area (Å²) in [5.41, 5.74) is 2.86. The van der Waals surface area contributed by atoms with Crippen LogP contribution in [0.1, 0.15) is 23.7 Å². The molecule has 0 saturated carbocycles. The number of aliphatic hydroxyl groups is 1. The Hall–Kier alpha value is -1.72. The van der Waals surface area contributed by atoms with Crippen LogP contribution in [0.3, 0.4) is 0 Å². The van der Waals surface area contributed by atoms with Crippen molar-refractivity contribution in [2.45, 2.75) is 18.9 Å². The number of aliphatic hydroxyl groups excluding tert-OH is 1. The Labute approximate surface area is 131 Å². The zero-order valence-corrected chi connectivity index (χ0v) is 13.3. The number of rotatable bonds is 4. The average Bonchev–Trinajstić information content (AvgIpc) is 2.91. The Morgan fingerprint density at radius 2 is 2.19 bits per heavy atom. The Balaban J connectivity index is 1.84. The van der Waals surface area contributed by atoms with E-state index in [2.05, 4.69) is 26.0 Å². The van der Waals surface area contributed by atoms with E-state index in [0.29, 0.717) is 6.42 Å².